The van der Waals surface area contributed by atoms with Gasteiger partial charge >= 0.3 is 12.1 Å². The summed E-state index contributed by atoms with van der Waals surface area (Å²) in [7, 11) is 0. The van der Waals surface area contributed by atoms with Gasteiger partial charge in [-0.2, -0.15) is 10.2 Å². The molecule has 0 aromatic heterocycles. The quantitative estimate of drug-likeness (QED) is 0.0215. The first-order valence-corrected chi connectivity index (χ1v) is 33.0. The summed E-state index contributed by atoms with van der Waals surface area (Å²) >= 11 is 0. The molecule has 2 aromatic rings. The van der Waals surface area contributed by atoms with E-state index in [1.807, 2.05) is 58.9 Å². The Hall–Kier alpha value is -3.60. The maximum atomic E-state index is 13.5. The molecule has 3 radical (unpaired) electrons. The van der Waals surface area contributed by atoms with Crippen LogP contribution in [0.25, 0.3) is 28.3 Å². The van der Waals surface area contributed by atoms with E-state index in [1.165, 1.54) is 28.5 Å². The zero-order chi connectivity index (χ0) is 64.4. The van der Waals surface area contributed by atoms with Crippen LogP contribution in [0.3, 0.4) is 0 Å². The molecule has 523 valence electrons. The monoisotopic (exact) mass is 1540 g/mol. The summed E-state index contributed by atoms with van der Waals surface area (Å²) in [6, 6.07) is 13.4. The van der Waals surface area contributed by atoms with Gasteiger partial charge in [0.1, 0.15) is 23.9 Å². The number of aldehydes is 1. The number of nitrogens with one attached hydrogen (secondary N) is 10. The second-order valence-corrected chi connectivity index (χ2v) is 25.2. The number of rotatable bonds is 25. The Morgan fingerprint density at radius 2 is 0.905 bits per heavy atom. The third-order valence-corrected chi connectivity index (χ3v) is 18.9. The average molecular weight is 1540 g/mol. The van der Waals surface area contributed by atoms with Gasteiger partial charge < -0.3 is 75.8 Å². The molecule has 9 atom stereocenters. The molecular weight excluding hydrogens is 1430 g/mol. The molecule has 5 aliphatic carbocycles. The molecule has 8 rings (SSSR count). The van der Waals surface area contributed by atoms with E-state index in [0.717, 1.165) is 83.3 Å². The second-order valence-electron chi connectivity index (χ2n) is 25.2. The fourth-order valence-corrected chi connectivity index (χ4v) is 13.3. The minimum absolute atomic E-state index is 0. The average Bonchev–Trinajstić information content (AvgIpc) is 1.62. The van der Waals surface area contributed by atoms with Gasteiger partial charge in [0.05, 0.1) is 18.1 Å². The van der Waals surface area contributed by atoms with Crippen molar-refractivity contribution in [3.05, 3.63) is 99.1 Å². The van der Waals surface area contributed by atoms with Crippen LogP contribution in [0.4, 0.5) is 9.59 Å². The summed E-state index contributed by atoms with van der Waals surface area (Å²) < 4.78 is 0. The van der Waals surface area contributed by atoms with Crippen molar-refractivity contribution in [2.24, 2.45) is 45.7 Å². The van der Waals surface area contributed by atoms with E-state index in [2.05, 4.69) is 71.9 Å². The van der Waals surface area contributed by atoms with E-state index in [4.69, 9.17) is 17.2 Å². The summed E-state index contributed by atoms with van der Waals surface area (Å²) in [5, 5.41) is 22.3. The first kappa shape index (κ1) is 91.4. The van der Waals surface area contributed by atoms with Crippen molar-refractivity contribution in [1.82, 2.24) is 42.3 Å². The van der Waals surface area contributed by atoms with Gasteiger partial charge in [-0.05, 0) is 130 Å². The number of hydrogen-bond donors (Lipinski definition) is 7. The van der Waals surface area contributed by atoms with Crippen molar-refractivity contribution in [3.63, 3.8) is 0 Å². The summed E-state index contributed by atoms with van der Waals surface area (Å²) in [5.41, 5.74) is 33.3. The molecule has 5 fully saturated rings. The standard InChI is InChI=1S/C36H47N6O4.C21H36N5O3.C10H17N2O2.3CH3.3Y/c1-3-26(21-39-41-36(46)38-20-23-13-15-24(16-14-23)33(43)4-2)40-35(45)32-19-25(37)22-42(32)34(44)18-17-31-29-11-7-5-9-27(29)28-10-6-8-12-30(28)31;1-3-18(25-20(28)16-9-10-17(22)11-16)13-24-26-21(29)23-12-14-5-7-15(8-6-14)19(27)4-2;1-2-9(6-13)12-10(14)7-3-4-8(11)5-7;;;;;;/h5-12,21,23-26,31-32,37H,3-4,13-20,22H2,1-2H3,(H,40,45)(H2,38,41,46);13-18,22H,3-12H2,1-2H3,(H,25,28)(H2,23,26,29);6-9,11H,2-5H2,1H3,(H,12,14);3*1H3;;;/q6*-1;;;/b39-21+;24-13+;;;;;;;/t23?,24?,25-,26+,32+;14?,15?,16-,17-,18-;7-,8-,9-;;;;;;/m100....../s1. The van der Waals surface area contributed by atoms with Gasteiger partial charge in [-0.1, -0.05) is 109 Å². The van der Waals surface area contributed by atoms with Crippen LogP contribution in [-0.2, 0) is 132 Å². The third kappa shape index (κ3) is 29.3. The van der Waals surface area contributed by atoms with Crippen LogP contribution >= 0.6 is 0 Å². The van der Waals surface area contributed by atoms with Crippen molar-refractivity contribution in [2.75, 3.05) is 19.6 Å². The number of ketones is 2. The number of carbonyl (C=O) groups excluding carboxylic acids is 9. The molecule has 10 N–H and O–H groups in total. The number of carbonyl (C=O) groups is 9. The van der Waals surface area contributed by atoms with Crippen molar-refractivity contribution in [1.29, 1.82) is 0 Å². The second kappa shape index (κ2) is 48.2. The summed E-state index contributed by atoms with van der Waals surface area (Å²) in [4.78, 5) is 111. The van der Waals surface area contributed by atoms with Gasteiger partial charge in [0.25, 0.3) is 0 Å². The molecule has 6 aliphatic rings. The number of hydrazone groups is 2. The van der Waals surface area contributed by atoms with Gasteiger partial charge in [-0.25, -0.2) is 20.4 Å². The van der Waals surface area contributed by atoms with E-state index in [-0.39, 0.29) is 217 Å². The Morgan fingerprint density at radius 1 is 0.516 bits per heavy atom. The minimum Gasteiger partial charge on any atom is -0.675 e. The molecular formula is C70H109N13O9Y3-6. The van der Waals surface area contributed by atoms with Crippen LogP contribution in [0.15, 0.2) is 58.7 Å². The van der Waals surface area contributed by atoms with E-state index >= 15 is 0 Å². The Bertz CT molecular complexity index is 2700. The number of hydrogen-bond acceptors (Lipinski definition) is 11. The van der Waals surface area contributed by atoms with E-state index in [9.17, 15) is 43.2 Å². The van der Waals surface area contributed by atoms with Crippen LogP contribution < -0.4 is 37.4 Å². The van der Waals surface area contributed by atoms with E-state index in [0.29, 0.717) is 94.3 Å². The van der Waals surface area contributed by atoms with Crippen LogP contribution in [0.2, 0.25) is 0 Å². The number of fused-ring (bicyclic) bond motifs is 3. The van der Waals surface area contributed by atoms with Crippen molar-refractivity contribution >= 4 is 66.0 Å². The van der Waals surface area contributed by atoms with Gasteiger partial charge in [-0.3, -0.25) is 28.8 Å². The molecule has 25 heteroatoms. The van der Waals surface area contributed by atoms with Crippen molar-refractivity contribution < 1.29 is 141 Å². The summed E-state index contributed by atoms with van der Waals surface area (Å²) in [5.74, 6) is 1.29. The molecule has 95 heavy (non-hydrogen) atoms. The topological polar surface area (TPSA) is 337 Å². The number of nitrogens with zero attached hydrogens (tertiary/aromatic N) is 3. The molecule has 0 unspecified atom stereocenters. The molecule has 4 saturated carbocycles. The van der Waals surface area contributed by atoms with Crippen molar-refractivity contribution in [2.45, 2.75) is 224 Å². The predicted molar refractivity (Wildman–Crippen MR) is 366 cm³/mol. The number of likely N-dealkylation sites (tertiary alicyclic amines) is 1. The molecule has 22 nitrogen and oxygen atoms in total. The normalized spacial score (nSPS) is 23.9. The van der Waals surface area contributed by atoms with E-state index in [1.54, 1.807) is 11.1 Å². The molecule has 0 spiro atoms. The zero-order valence-electron chi connectivity index (χ0n) is 57.9. The maximum absolute atomic E-state index is 13.5. The summed E-state index contributed by atoms with van der Waals surface area (Å²) in [6.45, 7) is 10.9. The fraction of sp³-hybridized carbons (Fsp3) is 0.629. The Balaban J connectivity index is 0.00000155. The zero-order valence-corrected chi connectivity index (χ0v) is 66.4. The molecule has 1 saturated heterocycles. The molecule has 2 aromatic carbocycles. The number of benzene rings is 2. The smallest absolute Gasteiger partial charge is 0.335 e. The largest absolute Gasteiger partial charge is 0.675 e. The Kier molecular flexibility index (Phi) is 46.4. The molecule has 8 amide bonds. The first-order chi connectivity index (χ1) is 42.9. The van der Waals surface area contributed by atoms with Crippen LogP contribution in [0.5, 0.6) is 0 Å². The minimum atomic E-state index is -0.709. The fourth-order valence-electron chi connectivity index (χ4n) is 13.3. The van der Waals surface area contributed by atoms with Crippen molar-refractivity contribution in [3.8, 4) is 11.1 Å². The van der Waals surface area contributed by atoms with Gasteiger partial charge in [0.15, 0.2) is 0 Å². The third-order valence-electron chi connectivity index (χ3n) is 18.9. The van der Waals surface area contributed by atoms with Gasteiger partial charge in [-0.15, -0.1) is 18.1 Å². The number of Topliss-reactive ketones (excluding diaryl/α,β-unsaturated/α-hetero) is 2. The van der Waals surface area contributed by atoms with Gasteiger partial charge in [0, 0.05) is 179 Å². The molecule has 1 heterocycles. The summed E-state index contributed by atoms with van der Waals surface area (Å²) in [6.07, 6.45) is 19.8. The Morgan fingerprint density at radius 3 is 1.28 bits per heavy atom. The van der Waals surface area contributed by atoms with Crippen LogP contribution in [0.1, 0.15) is 193 Å². The SMILES string of the molecule is CCC(=O)C1CCC(CNC(=O)N/N=C/[C@H](CC)NC(=O)[C@@H]2C[C@@H]([NH-])CN2C(=O)CCC2c3ccccc3-c3ccccc32)CC1.CCC(=O)C1CCC(CNC(=O)N/N=C/[C@H](CC)NC(=O)[C@H]2CC[C@H]([NH-])C2)CC1.CC[C@@H](C=O)NC(=O)[C@H]1CC[C@H]([NH-])C1.[CH3-].[CH3-].[CH3-].[Y].[Y].[Y]. The number of urea groups is 2. The Labute approximate surface area is 643 Å². The predicted octanol–water partition coefficient (Wildman–Crippen LogP) is 11.4. The maximum Gasteiger partial charge on any atom is 0.335 e. The number of amides is 8. The van der Waals surface area contributed by atoms with Crippen LogP contribution in [-0.4, -0.2) is 133 Å². The molecule has 1 aliphatic heterocycles. The van der Waals surface area contributed by atoms with Crippen LogP contribution in [0, 0.1) is 57.8 Å². The van der Waals surface area contributed by atoms with Gasteiger partial charge in [0.2, 0.25) is 23.6 Å². The molecule has 0 bridgehead atoms. The van der Waals surface area contributed by atoms with E-state index < -0.39 is 24.2 Å². The first-order valence-electron chi connectivity index (χ1n) is 33.0.